The van der Waals surface area contributed by atoms with Gasteiger partial charge in [-0.05, 0) is 12.1 Å². The van der Waals surface area contributed by atoms with Crippen LogP contribution in [0.15, 0.2) is 60.0 Å². The molecule has 0 aliphatic rings. The van der Waals surface area contributed by atoms with Gasteiger partial charge in [0, 0.05) is 18.0 Å². The summed E-state index contributed by atoms with van der Waals surface area (Å²) >= 11 is 1.56. The average molecular weight is 362 g/mol. The van der Waals surface area contributed by atoms with Gasteiger partial charge in [0.15, 0.2) is 0 Å². The zero-order valence-corrected chi connectivity index (χ0v) is 15.2. The van der Waals surface area contributed by atoms with E-state index in [9.17, 15) is 4.79 Å². The molecule has 5 nitrogen and oxygen atoms in total. The molecule has 0 fully saturated rings. The first-order valence-electron chi connectivity index (χ1n) is 8.37. The van der Waals surface area contributed by atoms with Gasteiger partial charge in [0.1, 0.15) is 10.8 Å². The van der Waals surface area contributed by atoms with E-state index >= 15 is 0 Å². The van der Waals surface area contributed by atoms with Crippen LogP contribution in [0.3, 0.4) is 0 Å². The van der Waals surface area contributed by atoms with E-state index in [2.05, 4.69) is 15.3 Å². The molecule has 0 spiro atoms. The monoisotopic (exact) mass is 362 g/mol. The Labute approximate surface area is 155 Å². The summed E-state index contributed by atoms with van der Waals surface area (Å²) in [6, 6.07) is 17.9. The molecule has 0 bridgehead atoms. The zero-order chi connectivity index (χ0) is 17.9. The van der Waals surface area contributed by atoms with Crippen LogP contribution in [0.4, 0.5) is 0 Å². The summed E-state index contributed by atoms with van der Waals surface area (Å²) in [6.45, 7) is 0.402. The van der Waals surface area contributed by atoms with Crippen molar-refractivity contribution in [3.63, 3.8) is 0 Å². The second-order valence-electron chi connectivity index (χ2n) is 6.04. The van der Waals surface area contributed by atoms with Crippen molar-refractivity contribution in [3.05, 3.63) is 71.5 Å². The lowest BCUT2D eigenvalue weighted by Gasteiger charge is -2.04. The van der Waals surface area contributed by atoms with Gasteiger partial charge in [-0.15, -0.1) is 11.3 Å². The topological polar surface area (TPSA) is 59.8 Å². The number of para-hydroxylation sites is 2. The summed E-state index contributed by atoms with van der Waals surface area (Å²) in [5, 5.41) is 5.82. The molecule has 0 saturated heterocycles. The molecule has 2 heterocycles. The first-order valence-corrected chi connectivity index (χ1v) is 9.25. The Bertz CT molecular complexity index is 1050. The highest BCUT2D eigenvalue weighted by Gasteiger charge is 2.11. The maximum atomic E-state index is 12.3. The summed E-state index contributed by atoms with van der Waals surface area (Å²) < 4.78 is 2.01. The fourth-order valence-electron chi connectivity index (χ4n) is 2.86. The van der Waals surface area contributed by atoms with Gasteiger partial charge in [-0.25, -0.2) is 9.97 Å². The minimum atomic E-state index is -0.0537. The fourth-order valence-corrected chi connectivity index (χ4v) is 3.69. The SMILES string of the molecule is Cn1c(CNC(=O)Cc2csc(-c3ccccc3)n2)nc2ccccc21. The molecule has 2 aromatic heterocycles. The molecular weight excluding hydrogens is 344 g/mol. The number of thiazole rings is 1. The van der Waals surface area contributed by atoms with E-state index in [1.807, 2.05) is 71.6 Å². The average Bonchev–Trinajstić information content (AvgIpc) is 3.26. The number of imidazole rings is 1. The standard InChI is InChI=1S/C20H18N4OS/c1-24-17-10-6-5-9-16(17)23-18(24)12-21-19(25)11-15-13-26-20(22-15)14-7-3-2-4-8-14/h2-10,13H,11-12H2,1H3,(H,21,25). The van der Waals surface area contributed by atoms with Gasteiger partial charge in [-0.1, -0.05) is 42.5 Å². The Morgan fingerprint density at radius 1 is 1.08 bits per heavy atom. The van der Waals surface area contributed by atoms with E-state index in [4.69, 9.17) is 0 Å². The van der Waals surface area contributed by atoms with Crippen LogP contribution < -0.4 is 5.32 Å². The van der Waals surface area contributed by atoms with Crippen molar-refractivity contribution in [2.45, 2.75) is 13.0 Å². The number of fused-ring (bicyclic) bond motifs is 1. The van der Waals surface area contributed by atoms with Crippen LogP contribution in [0.1, 0.15) is 11.5 Å². The summed E-state index contributed by atoms with van der Waals surface area (Å²) in [5.74, 6) is 0.782. The van der Waals surface area contributed by atoms with Crippen molar-refractivity contribution >= 4 is 28.3 Å². The maximum absolute atomic E-state index is 12.3. The van der Waals surface area contributed by atoms with Gasteiger partial charge in [-0.2, -0.15) is 0 Å². The van der Waals surface area contributed by atoms with E-state index in [-0.39, 0.29) is 12.3 Å². The normalized spacial score (nSPS) is 11.0. The highest BCUT2D eigenvalue weighted by atomic mass is 32.1. The van der Waals surface area contributed by atoms with Crippen molar-refractivity contribution < 1.29 is 4.79 Å². The first kappa shape index (κ1) is 16.5. The van der Waals surface area contributed by atoms with Gasteiger partial charge in [-0.3, -0.25) is 4.79 Å². The third-order valence-electron chi connectivity index (χ3n) is 4.24. The lowest BCUT2D eigenvalue weighted by molar-refractivity contribution is -0.120. The Hall–Kier alpha value is -2.99. The van der Waals surface area contributed by atoms with Crippen molar-refractivity contribution in [1.82, 2.24) is 19.9 Å². The Balaban J connectivity index is 1.40. The van der Waals surface area contributed by atoms with E-state index in [0.29, 0.717) is 6.54 Å². The molecule has 0 radical (unpaired) electrons. The number of amides is 1. The Morgan fingerprint density at radius 2 is 1.85 bits per heavy atom. The third kappa shape index (κ3) is 3.36. The summed E-state index contributed by atoms with van der Waals surface area (Å²) in [7, 11) is 1.96. The number of carbonyl (C=O) groups excluding carboxylic acids is 1. The molecule has 26 heavy (non-hydrogen) atoms. The van der Waals surface area contributed by atoms with Crippen molar-refractivity contribution in [2.75, 3.05) is 0 Å². The molecule has 4 aromatic rings. The van der Waals surface area contributed by atoms with Gasteiger partial charge in [0.05, 0.1) is 29.7 Å². The summed E-state index contributed by atoms with van der Waals surface area (Å²) in [4.78, 5) is 21.4. The van der Waals surface area contributed by atoms with Gasteiger partial charge in [0.25, 0.3) is 0 Å². The quantitative estimate of drug-likeness (QED) is 0.591. The number of hydrogen-bond acceptors (Lipinski definition) is 4. The van der Waals surface area contributed by atoms with Gasteiger partial charge < -0.3 is 9.88 Å². The molecular formula is C20H18N4OS. The molecule has 0 atom stereocenters. The predicted molar refractivity (Wildman–Crippen MR) is 104 cm³/mol. The molecule has 1 N–H and O–H groups in total. The number of benzene rings is 2. The highest BCUT2D eigenvalue weighted by molar-refractivity contribution is 7.13. The maximum Gasteiger partial charge on any atom is 0.226 e. The van der Waals surface area contributed by atoms with Crippen LogP contribution in [0, 0.1) is 0 Å². The summed E-state index contributed by atoms with van der Waals surface area (Å²) in [6.07, 6.45) is 0.271. The zero-order valence-electron chi connectivity index (χ0n) is 14.3. The van der Waals surface area contributed by atoms with E-state index in [0.717, 1.165) is 33.1 Å². The molecule has 6 heteroatoms. The fraction of sp³-hybridized carbons (Fsp3) is 0.150. The van der Waals surface area contributed by atoms with E-state index in [1.54, 1.807) is 11.3 Å². The molecule has 130 valence electrons. The molecule has 0 saturated carbocycles. The minimum Gasteiger partial charge on any atom is -0.349 e. The van der Waals surface area contributed by atoms with Crippen LogP contribution >= 0.6 is 11.3 Å². The molecule has 0 aliphatic heterocycles. The molecule has 4 rings (SSSR count). The van der Waals surface area contributed by atoms with Crippen molar-refractivity contribution in [3.8, 4) is 10.6 Å². The number of hydrogen-bond donors (Lipinski definition) is 1. The number of rotatable bonds is 5. The van der Waals surface area contributed by atoms with Crippen molar-refractivity contribution in [2.24, 2.45) is 7.05 Å². The minimum absolute atomic E-state index is 0.0537. The number of carbonyl (C=O) groups is 1. The number of aryl methyl sites for hydroxylation is 1. The number of nitrogens with one attached hydrogen (secondary N) is 1. The Kier molecular flexibility index (Phi) is 4.50. The number of nitrogens with zero attached hydrogens (tertiary/aromatic N) is 3. The summed E-state index contributed by atoms with van der Waals surface area (Å²) in [5.41, 5.74) is 3.86. The second-order valence-corrected chi connectivity index (χ2v) is 6.90. The van der Waals surface area contributed by atoms with Crippen LogP contribution in [0.5, 0.6) is 0 Å². The lowest BCUT2D eigenvalue weighted by Crippen LogP contribution is -2.26. The van der Waals surface area contributed by atoms with Crippen molar-refractivity contribution in [1.29, 1.82) is 0 Å². The highest BCUT2D eigenvalue weighted by Crippen LogP contribution is 2.23. The Morgan fingerprint density at radius 3 is 2.65 bits per heavy atom. The third-order valence-corrected chi connectivity index (χ3v) is 5.18. The van der Waals surface area contributed by atoms with Gasteiger partial charge >= 0.3 is 0 Å². The number of aromatic nitrogens is 3. The second kappa shape index (κ2) is 7.09. The molecule has 0 unspecified atom stereocenters. The van der Waals surface area contributed by atoms with Crippen LogP contribution in [-0.4, -0.2) is 20.4 Å². The molecule has 0 aliphatic carbocycles. The van der Waals surface area contributed by atoms with Crippen LogP contribution in [-0.2, 0) is 24.8 Å². The first-order chi connectivity index (χ1) is 12.7. The van der Waals surface area contributed by atoms with Crippen LogP contribution in [0.2, 0.25) is 0 Å². The van der Waals surface area contributed by atoms with E-state index in [1.165, 1.54) is 0 Å². The predicted octanol–water partition coefficient (Wildman–Crippen LogP) is 3.56. The van der Waals surface area contributed by atoms with E-state index < -0.39 is 0 Å². The van der Waals surface area contributed by atoms with Gasteiger partial charge in [0.2, 0.25) is 5.91 Å². The molecule has 2 aromatic carbocycles. The lowest BCUT2D eigenvalue weighted by atomic mass is 10.2. The smallest absolute Gasteiger partial charge is 0.226 e. The molecule has 1 amide bonds. The van der Waals surface area contributed by atoms with Crippen LogP contribution in [0.25, 0.3) is 21.6 Å². The largest absolute Gasteiger partial charge is 0.349 e.